The predicted octanol–water partition coefficient (Wildman–Crippen LogP) is 3.76. The first-order valence-corrected chi connectivity index (χ1v) is 6.66. The first kappa shape index (κ1) is 11.4. The number of H-pyrrole nitrogens is 1. The fraction of sp³-hybridized carbons (Fsp3) is 0.176. The molecule has 1 heterocycles. The first-order chi connectivity index (χ1) is 9.80. The summed E-state index contributed by atoms with van der Waals surface area (Å²) in [5.41, 5.74) is 6.31. The maximum absolute atomic E-state index is 5.33. The molecule has 0 fully saturated rings. The highest BCUT2D eigenvalue weighted by Gasteiger charge is 2.23. The number of methoxy groups -OCH3 is 2. The topological polar surface area (TPSA) is 34.2 Å². The monoisotopic (exact) mass is 265 g/mol. The predicted molar refractivity (Wildman–Crippen MR) is 79.6 cm³/mol. The Morgan fingerprint density at radius 1 is 0.950 bits per heavy atom. The van der Waals surface area contributed by atoms with E-state index in [0.29, 0.717) is 0 Å². The summed E-state index contributed by atoms with van der Waals surface area (Å²) in [5, 5.41) is 1.24. The van der Waals surface area contributed by atoms with E-state index in [-0.39, 0.29) is 0 Å². The molecule has 1 aliphatic rings. The molecule has 3 aromatic rings. The molecule has 0 radical (unpaired) electrons. The van der Waals surface area contributed by atoms with E-state index < -0.39 is 0 Å². The summed E-state index contributed by atoms with van der Waals surface area (Å²) in [6.07, 6.45) is 0.960. The van der Waals surface area contributed by atoms with Crippen molar-refractivity contribution in [3.8, 4) is 22.8 Å². The van der Waals surface area contributed by atoms with Crippen LogP contribution >= 0.6 is 0 Å². The van der Waals surface area contributed by atoms with E-state index in [1.165, 1.54) is 27.8 Å². The van der Waals surface area contributed by atoms with Crippen LogP contribution in [0, 0.1) is 0 Å². The van der Waals surface area contributed by atoms with Crippen molar-refractivity contribution in [3.05, 3.63) is 47.5 Å². The molecule has 0 bridgehead atoms. The van der Waals surface area contributed by atoms with E-state index >= 15 is 0 Å². The average Bonchev–Trinajstić information content (AvgIpc) is 3.02. The van der Waals surface area contributed by atoms with Crippen LogP contribution in [0.15, 0.2) is 36.4 Å². The zero-order valence-corrected chi connectivity index (χ0v) is 11.5. The number of fused-ring (bicyclic) bond motifs is 5. The highest BCUT2D eigenvalue weighted by molar-refractivity contribution is 5.95. The molecular weight excluding hydrogens is 250 g/mol. The van der Waals surface area contributed by atoms with Gasteiger partial charge in [0.25, 0.3) is 0 Å². The maximum Gasteiger partial charge on any atom is 0.119 e. The number of hydrogen-bond acceptors (Lipinski definition) is 2. The third-order valence-electron chi connectivity index (χ3n) is 4.07. The van der Waals surface area contributed by atoms with Gasteiger partial charge in [-0.05, 0) is 41.5 Å². The van der Waals surface area contributed by atoms with Crippen LogP contribution in [0.1, 0.15) is 11.1 Å². The third-order valence-corrected chi connectivity index (χ3v) is 4.07. The average molecular weight is 265 g/mol. The van der Waals surface area contributed by atoms with Crippen LogP contribution in [0.4, 0.5) is 0 Å². The molecular formula is C17H15NO2. The van der Waals surface area contributed by atoms with Gasteiger partial charge in [0.05, 0.1) is 19.9 Å². The lowest BCUT2D eigenvalue weighted by Gasteiger charge is -2.04. The van der Waals surface area contributed by atoms with Crippen LogP contribution in [-0.2, 0) is 6.42 Å². The molecule has 3 heteroatoms. The zero-order chi connectivity index (χ0) is 13.7. The molecule has 1 aromatic heterocycles. The molecule has 0 saturated heterocycles. The van der Waals surface area contributed by atoms with Gasteiger partial charge in [0.1, 0.15) is 11.5 Å². The van der Waals surface area contributed by atoms with Crippen LogP contribution in [0.3, 0.4) is 0 Å². The van der Waals surface area contributed by atoms with Gasteiger partial charge in [0, 0.05) is 22.9 Å². The SMILES string of the molecule is COc1ccc2c(c1)-c1[nH]c3ccc(OC)cc3c1C2. The van der Waals surface area contributed by atoms with Crippen LogP contribution in [0.2, 0.25) is 0 Å². The smallest absolute Gasteiger partial charge is 0.119 e. The van der Waals surface area contributed by atoms with Crippen LogP contribution in [0.5, 0.6) is 11.5 Å². The van der Waals surface area contributed by atoms with E-state index in [2.05, 4.69) is 29.2 Å². The molecule has 2 aromatic carbocycles. The molecule has 1 N–H and O–H groups in total. The first-order valence-electron chi connectivity index (χ1n) is 6.66. The fourth-order valence-electron chi connectivity index (χ4n) is 3.03. The number of ether oxygens (including phenoxy) is 2. The standard InChI is InChI=1S/C17H15NO2/c1-19-11-4-3-10-7-15-14-9-12(20-2)5-6-16(14)18-17(15)13(10)8-11/h3-6,8-9,18H,7H2,1-2H3. The van der Waals surface area contributed by atoms with Gasteiger partial charge in [-0.25, -0.2) is 0 Å². The van der Waals surface area contributed by atoms with Crippen molar-refractivity contribution in [1.29, 1.82) is 0 Å². The molecule has 1 aliphatic carbocycles. The largest absolute Gasteiger partial charge is 0.497 e. The van der Waals surface area contributed by atoms with Gasteiger partial charge in [-0.2, -0.15) is 0 Å². The van der Waals surface area contributed by atoms with E-state index in [9.17, 15) is 0 Å². The maximum atomic E-state index is 5.33. The minimum absolute atomic E-state index is 0.896. The van der Waals surface area contributed by atoms with Crippen LogP contribution in [-0.4, -0.2) is 19.2 Å². The van der Waals surface area contributed by atoms with Gasteiger partial charge >= 0.3 is 0 Å². The van der Waals surface area contributed by atoms with E-state index in [1.54, 1.807) is 14.2 Å². The van der Waals surface area contributed by atoms with Crippen molar-refractivity contribution in [3.63, 3.8) is 0 Å². The van der Waals surface area contributed by atoms with Gasteiger partial charge < -0.3 is 14.5 Å². The minimum atomic E-state index is 0.896. The van der Waals surface area contributed by atoms with Crippen LogP contribution in [0.25, 0.3) is 22.2 Å². The highest BCUT2D eigenvalue weighted by Crippen LogP contribution is 2.42. The van der Waals surface area contributed by atoms with Crippen molar-refractivity contribution in [2.75, 3.05) is 14.2 Å². The molecule has 0 spiro atoms. The number of aromatic nitrogens is 1. The summed E-state index contributed by atoms with van der Waals surface area (Å²) >= 11 is 0. The summed E-state index contributed by atoms with van der Waals surface area (Å²) in [6, 6.07) is 12.4. The lowest BCUT2D eigenvalue weighted by atomic mass is 10.1. The zero-order valence-electron chi connectivity index (χ0n) is 11.5. The molecule has 3 nitrogen and oxygen atoms in total. The van der Waals surface area contributed by atoms with Gasteiger partial charge in [-0.3, -0.25) is 0 Å². The fourth-order valence-corrected chi connectivity index (χ4v) is 3.03. The summed E-state index contributed by atoms with van der Waals surface area (Å²) in [7, 11) is 3.40. The van der Waals surface area contributed by atoms with Gasteiger partial charge in [0.2, 0.25) is 0 Å². The Balaban J connectivity index is 1.96. The second-order valence-corrected chi connectivity index (χ2v) is 5.09. The lowest BCUT2D eigenvalue weighted by Crippen LogP contribution is -1.86. The molecule has 0 unspecified atom stereocenters. The summed E-state index contributed by atoms with van der Waals surface area (Å²) in [4.78, 5) is 3.52. The van der Waals surface area contributed by atoms with Crippen molar-refractivity contribution in [1.82, 2.24) is 4.98 Å². The Morgan fingerprint density at radius 2 is 1.70 bits per heavy atom. The van der Waals surface area contributed by atoms with Crippen LogP contribution < -0.4 is 9.47 Å². The van der Waals surface area contributed by atoms with Crippen molar-refractivity contribution >= 4 is 10.9 Å². The second kappa shape index (κ2) is 4.04. The number of benzene rings is 2. The molecule has 0 atom stereocenters. The van der Waals surface area contributed by atoms with Crippen molar-refractivity contribution in [2.24, 2.45) is 0 Å². The number of aromatic amines is 1. The normalized spacial score (nSPS) is 12.3. The van der Waals surface area contributed by atoms with Gasteiger partial charge in [-0.15, -0.1) is 0 Å². The molecule has 0 saturated carbocycles. The Hall–Kier alpha value is -2.42. The highest BCUT2D eigenvalue weighted by atomic mass is 16.5. The summed E-state index contributed by atoms with van der Waals surface area (Å²) in [6.45, 7) is 0. The Bertz CT molecular complexity index is 817. The third kappa shape index (κ3) is 1.46. The van der Waals surface area contributed by atoms with E-state index in [0.717, 1.165) is 23.4 Å². The molecule has 100 valence electrons. The summed E-state index contributed by atoms with van der Waals surface area (Å²) < 4.78 is 10.7. The Morgan fingerprint density at radius 3 is 2.50 bits per heavy atom. The van der Waals surface area contributed by atoms with E-state index in [4.69, 9.17) is 9.47 Å². The second-order valence-electron chi connectivity index (χ2n) is 5.09. The molecule has 4 rings (SSSR count). The number of rotatable bonds is 2. The van der Waals surface area contributed by atoms with Crippen molar-refractivity contribution < 1.29 is 9.47 Å². The Labute approximate surface area is 117 Å². The minimum Gasteiger partial charge on any atom is -0.497 e. The molecule has 0 amide bonds. The van der Waals surface area contributed by atoms with E-state index in [1.807, 2.05) is 12.1 Å². The van der Waals surface area contributed by atoms with Crippen molar-refractivity contribution in [2.45, 2.75) is 6.42 Å². The Kier molecular flexibility index (Phi) is 2.30. The number of nitrogens with one attached hydrogen (secondary N) is 1. The van der Waals surface area contributed by atoms with Gasteiger partial charge in [0.15, 0.2) is 0 Å². The van der Waals surface area contributed by atoms with Gasteiger partial charge in [-0.1, -0.05) is 6.07 Å². The quantitative estimate of drug-likeness (QED) is 0.599. The molecule has 20 heavy (non-hydrogen) atoms. The lowest BCUT2D eigenvalue weighted by molar-refractivity contribution is 0.415. The number of hydrogen-bond donors (Lipinski definition) is 1. The summed E-state index contributed by atoms with van der Waals surface area (Å²) in [5.74, 6) is 1.79. The molecule has 0 aliphatic heterocycles.